The van der Waals surface area contributed by atoms with E-state index in [0.717, 1.165) is 35.5 Å². The van der Waals surface area contributed by atoms with E-state index in [0.29, 0.717) is 0 Å². The molecule has 4 aliphatic rings. The van der Waals surface area contributed by atoms with Crippen molar-refractivity contribution < 1.29 is 26.2 Å². The summed E-state index contributed by atoms with van der Waals surface area (Å²) >= 11 is 0. The molecule has 6 unspecified atom stereocenters. The van der Waals surface area contributed by atoms with Gasteiger partial charge in [0.2, 0.25) is 0 Å². The standard InChI is InChI=1S/C20H34.2CH3.Zr/c1-3-7-19-15(5-1)9-11-17(19)13-14-18-12-10-16-6-2-4-8-20(16)18;;;/h15-20H,1-14H2;2*1H3;/q;2*-1;+4. The van der Waals surface area contributed by atoms with Gasteiger partial charge in [-0.2, -0.15) is 0 Å². The number of rotatable bonds is 3. The maximum atomic E-state index is 1.61. The van der Waals surface area contributed by atoms with E-state index in [4.69, 9.17) is 0 Å². The molecule has 0 aliphatic heterocycles. The molecule has 0 aromatic rings. The van der Waals surface area contributed by atoms with Crippen LogP contribution in [0.25, 0.3) is 0 Å². The summed E-state index contributed by atoms with van der Waals surface area (Å²) in [5, 5.41) is 0. The van der Waals surface area contributed by atoms with Crippen molar-refractivity contribution in [2.45, 2.75) is 89.9 Å². The van der Waals surface area contributed by atoms with Gasteiger partial charge >= 0.3 is 26.2 Å². The van der Waals surface area contributed by atoms with Crippen molar-refractivity contribution in [2.24, 2.45) is 35.5 Å². The van der Waals surface area contributed by atoms with E-state index in [1.54, 1.807) is 89.9 Å². The van der Waals surface area contributed by atoms with Gasteiger partial charge in [-0.1, -0.05) is 38.5 Å². The van der Waals surface area contributed by atoms with Crippen LogP contribution in [0.5, 0.6) is 0 Å². The van der Waals surface area contributed by atoms with E-state index in [-0.39, 0.29) is 41.1 Å². The molecule has 0 radical (unpaired) electrons. The molecule has 0 saturated heterocycles. The van der Waals surface area contributed by atoms with Crippen molar-refractivity contribution in [1.82, 2.24) is 0 Å². The first kappa shape index (κ1) is 21.9. The zero-order chi connectivity index (χ0) is 13.4. The first-order valence-corrected chi connectivity index (χ1v) is 9.92. The molecule has 130 valence electrons. The predicted octanol–water partition coefficient (Wildman–Crippen LogP) is 7.10. The minimum Gasteiger partial charge on any atom is -0.358 e. The van der Waals surface area contributed by atoms with Crippen molar-refractivity contribution in [3.05, 3.63) is 14.9 Å². The molecule has 4 aliphatic carbocycles. The van der Waals surface area contributed by atoms with Gasteiger partial charge < -0.3 is 14.9 Å². The summed E-state index contributed by atoms with van der Waals surface area (Å²) in [6.07, 6.45) is 22.1. The third kappa shape index (κ3) is 4.74. The number of hydrogen-bond acceptors (Lipinski definition) is 0. The SMILES string of the molecule is C1CCC2C(C1)CCC2CCC1CCC2CCCCC21.[CH3-].[CH3-].[Zr+4]. The Hall–Kier alpha value is 0.883. The fraction of sp³-hybridized carbons (Fsp3) is 0.909. The minimum absolute atomic E-state index is 0. The maximum absolute atomic E-state index is 1.61. The third-order valence-corrected chi connectivity index (χ3v) is 7.87. The Kier molecular flexibility index (Phi) is 9.66. The van der Waals surface area contributed by atoms with Crippen molar-refractivity contribution >= 4 is 0 Å². The quantitative estimate of drug-likeness (QED) is 0.447. The molecule has 1 heteroatoms. The van der Waals surface area contributed by atoms with Gasteiger partial charge in [0.1, 0.15) is 0 Å². The molecule has 0 amide bonds. The molecule has 0 N–H and O–H groups in total. The van der Waals surface area contributed by atoms with E-state index < -0.39 is 0 Å². The Bertz CT molecular complexity index is 294. The van der Waals surface area contributed by atoms with Crippen molar-refractivity contribution in [2.75, 3.05) is 0 Å². The van der Waals surface area contributed by atoms with Gasteiger partial charge in [0.05, 0.1) is 0 Å². The van der Waals surface area contributed by atoms with E-state index in [1.165, 1.54) is 0 Å². The number of hydrogen-bond donors (Lipinski definition) is 0. The van der Waals surface area contributed by atoms with Crippen LogP contribution in [0, 0.1) is 50.4 Å². The van der Waals surface area contributed by atoms with Crippen molar-refractivity contribution in [1.29, 1.82) is 0 Å². The zero-order valence-electron chi connectivity index (χ0n) is 15.9. The molecule has 0 aromatic heterocycles. The summed E-state index contributed by atoms with van der Waals surface area (Å²) in [5.74, 6) is 6.91. The Balaban J connectivity index is 0.000000882. The Morgan fingerprint density at radius 3 is 1.30 bits per heavy atom. The molecule has 0 heterocycles. The predicted molar refractivity (Wildman–Crippen MR) is 98.4 cm³/mol. The van der Waals surface area contributed by atoms with E-state index in [1.807, 2.05) is 0 Å². The molecule has 0 spiro atoms. The summed E-state index contributed by atoms with van der Waals surface area (Å²) in [7, 11) is 0. The summed E-state index contributed by atoms with van der Waals surface area (Å²) in [4.78, 5) is 0. The van der Waals surface area contributed by atoms with Crippen LogP contribution in [-0.4, -0.2) is 0 Å². The van der Waals surface area contributed by atoms with Crippen LogP contribution in [0.2, 0.25) is 0 Å². The normalized spacial score (nSPS) is 41.7. The van der Waals surface area contributed by atoms with Crippen LogP contribution < -0.4 is 0 Å². The molecule has 4 fully saturated rings. The fourth-order valence-electron chi connectivity index (χ4n) is 6.86. The van der Waals surface area contributed by atoms with Gasteiger partial charge in [-0.25, -0.2) is 0 Å². The first-order valence-electron chi connectivity index (χ1n) is 9.92. The smallest absolute Gasteiger partial charge is 0.358 e. The Labute approximate surface area is 166 Å². The van der Waals surface area contributed by atoms with E-state index >= 15 is 0 Å². The fourth-order valence-corrected chi connectivity index (χ4v) is 6.86. The number of fused-ring (bicyclic) bond motifs is 2. The van der Waals surface area contributed by atoms with Crippen LogP contribution in [0.1, 0.15) is 89.9 Å². The minimum atomic E-state index is 0. The van der Waals surface area contributed by atoms with Crippen LogP contribution in [0.4, 0.5) is 0 Å². The molecule has 0 bridgehead atoms. The molecule has 0 aromatic carbocycles. The van der Waals surface area contributed by atoms with Crippen molar-refractivity contribution in [3.63, 3.8) is 0 Å². The Morgan fingerprint density at radius 1 is 0.478 bits per heavy atom. The molecule has 23 heavy (non-hydrogen) atoms. The maximum Gasteiger partial charge on any atom is 4.00 e. The Morgan fingerprint density at radius 2 is 0.870 bits per heavy atom. The van der Waals surface area contributed by atoms with Gasteiger partial charge in [-0.05, 0) is 86.9 Å². The molecular formula is C22H40Zr+2. The topological polar surface area (TPSA) is 0 Å². The van der Waals surface area contributed by atoms with Gasteiger partial charge in [0.25, 0.3) is 0 Å². The van der Waals surface area contributed by atoms with Crippen LogP contribution in [0.3, 0.4) is 0 Å². The second-order valence-corrected chi connectivity index (χ2v) is 8.67. The van der Waals surface area contributed by atoms with Gasteiger partial charge in [0.15, 0.2) is 0 Å². The van der Waals surface area contributed by atoms with Gasteiger partial charge in [-0.3, -0.25) is 0 Å². The average molecular weight is 396 g/mol. The average Bonchev–Trinajstić information content (AvgIpc) is 3.09. The molecule has 0 nitrogen and oxygen atoms in total. The largest absolute Gasteiger partial charge is 4.00 e. The molecule has 6 atom stereocenters. The summed E-state index contributed by atoms with van der Waals surface area (Å²) in [6, 6.07) is 0. The third-order valence-electron chi connectivity index (χ3n) is 7.87. The second kappa shape index (κ2) is 10.1. The van der Waals surface area contributed by atoms with E-state index in [9.17, 15) is 0 Å². The summed E-state index contributed by atoms with van der Waals surface area (Å²) in [6.45, 7) is 0. The molecule has 4 rings (SSSR count). The van der Waals surface area contributed by atoms with Crippen LogP contribution >= 0.6 is 0 Å². The summed E-state index contributed by atoms with van der Waals surface area (Å²) < 4.78 is 0. The second-order valence-electron chi connectivity index (χ2n) is 8.67. The monoisotopic (exact) mass is 394 g/mol. The molecule has 4 saturated carbocycles. The summed E-state index contributed by atoms with van der Waals surface area (Å²) in [5.41, 5.74) is 0. The van der Waals surface area contributed by atoms with E-state index in [2.05, 4.69) is 0 Å². The first-order chi connectivity index (χ1) is 9.92. The van der Waals surface area contributed by atoms with Crippen LogP contribution in [0.15, 0.2) is 0 Å². The van der Waals surface area contributed by atoms with Gasteiger partial charge in [-0.15, -0.1) is 0 Å². The van der Waals surface area contributed by atoms with Crippen LogP contribution in [-0.2, 0) is 26.2 Å². The van der Waals surface area contributed by atoms with Gasteiger partial charge in [0, 0.05) is 0 Å². The van der Waals surface area contributed by atoms with Crippen molar-refractivity contribution in [3.8, 4) is 0 Å². The zero-order valence-corrected chi connectivity index (χ0v) is 18.3. The molecular weight excluding hydrogens is 355 g/mol.